The summed E-state index contributed by atoms with van der Waals surface area (Å²) in [7, 11) is 0. The van der Waals surface area contributed by atoms with Crippen LogP contribution in [0.2, 0.25) is 5.02 Å². The molecule has 0 saturated heterocycles. The predicted molar refractivity (Wildman–Crippen MR) is 103 cm³/mol. The van der Waals surface area contributed by atoms with Crippen molar-refractivity contribution in [1.29, 1.82) is 0 Å². The molecule has 0 aliphatic heterocycles. The van der Waals surface area contributed by atoms with E-state index in [0.717, 1.165) is 5.56 Å². The Balaban J connectivity index is 2.15. The summed E-state index contributed by atoms with van der Waals surface area (Å²) in [4.78, 5) is 36.9. The van der Waals surface area contributed by atoms with Crippen molar-refractivity contribution in [1.82, 2.24) is 24.1 Å². The van der Waals surface area contributed by atoms with Crippen LogP contribution in [0.5, 0.6) is 0 Å². The molecule has 140 valence electrons. The molecule has 0 aliphatic carbocycles. The van der Waals surface area contributed by atoms with Gasteiger partial charge in [0.1, 0.15) is 17.7 Å². The molecule has 0 fully saturated rings. The average Bonchev–Trinajstić information content (AvgIpc) is 3.17. The zero-order valence-corrected chi connectivity index (χ0v) is 15.3. The van der Waals surface area contributed by atoms with Crippen LogP contribution in [0.3, 0.4) is 0 Å². The van der Waals surface area contributed by atoms with Gasteiger partial charge < -0.3 is 10.8 Å². The van der Waals surface area contributed by atoms with E-state index in [4.69, 9.17) is 17.3 Å². The molecule has 0 bridgehead atoms. The number of hydrogen-bond acceptors (Lipinski definition) is 6. The minimum atomic E-state index is -1.35. The van der Waals surface area contributed by atoms with Gasteiger partial charge in [-0.2, -0.15) is 0 Å². The van der Waals surface area contributed by atoms with Gasteiger partial charge in [-0.3, -0.25) is 13.9 Å². The summed E-state index contributed by atoms with van der Waals surface area (Å²) in [5.41, 5.74) is 6.14. The first kappa shape index (κ1) is 17.7. The van der Waals surface area contributed by atoms with Crippen LogP contribution >= 0.6 is 11.6 Å². The number of aromatic carboxylic acids is 1. The number of carboxylic acids is 1. The Labute approximate surface area is 162 Å². The number of fused-ring (bicyclic) bond motifs is 1. The van der Waals surface area contributed by atoms with Gasteiger partial charge in [0.2, 0.25) is 5.43 Å². The van der Waals surface area contributed by atoms with Crippen LogP contribution in [-0.2, 0) is 0 Å². The lowest BCUT2D eigenvalue weighted by Crippen LogP contribution is -2.20. The van der Waals surface area contributed by atoms with Crippen molar-refractivity contribution < 1.29 is 9.90 Å². The predicted octanol–water partition coefficient (Wildman–Crippen LogP) is 2.21. The number of anilines is 1. The molecule has 0 unspecified atom stereocenters. The molecular weight excluding hydrogens is 384 g/mol. The van der Waals surface area contributed by atoms with Crippen LogP contribution in [0.25, 0.3) is 22.5 Å². The number of imidazole rings is 1. The minimum Gasteiger partial charge on any atom is -0.477 e. The molecule has 4 heterocycles. The number of carbonyl (C=O) groups is 1. The second-order valence-electron chi connectivity index (χ2n) is 6.08. The number of nitrogens with two attached hydrogens (primary N) is 1. The molecule has 4 aromatic heterocycles. The smallest absolute Gasteiger partial charge is 0.341 e. The van der Waals surface area contributed by atoms with E-state index in [-0.39, 0.29) is 16.1 Å². The highest BCUT2D eigenvalue weighted by molar-refractivity contribution is 6.32. The van der Waals surface area contributed by atoms with Gasteiger partial charge in [-0.1, -0.05) is 11.6 Å². The van der Waals surface area contributed by atoms with E-state index in [1.54, 1.807) is 30.0 Å². The van der Waals surface area contributed by atoms with E-state index in [1.807, 2.05) is 0 Å². The Bertz CT molecular complexity index is 1300. The lowest BCUT2D eigenvalue weighted by Gasteiger charge is -2.15. The van der Waals surface area contributed by atoms with Crippen LogP contribution < -0.4 is 11.2 Å². The monoisotopic (exact) mass is 396 g/mol. The van der Waals surface area contributed by atoms with Gasteiger partial charge in [-0.05, 0) is 24.6 Å². The van der Waals surface area contributed by atoms with Crippen LogP contribution in [0.4, 0.5) is 5.82 Å². The Morgan fingerprint density at radius 3 is 2.75 bits per heavy atom. The quantitative estimate of drug-likeness (QED) is 0.543. The normalized spacial score (nSPS) is 11.1. The summed E-state index contributed by atoms with van der Waals surface area (Å²) < 4.78 is 3.09. The third-order valence-electron chi connectivity index (χ3n) is 4.26. The summed E-state index contributed by atoms with van der Waals surface area (Å²) >= 11 is 6.31. The van der Waals surface area contributed by atoms with Crippen molar-refractivity contribution in [3.63, 3.8) is 0 Å². The van der Waals surface area contributed by atoms with Crippen LogP contribution in [-0.4, -0.2) is 35.2 Å². The molecule has 0 saturated carbocycles. The van der Waals surface area contributed by atoms with Gasteiger partial charge in [-0.25, -0.2) is 19.7 Å². The van der Waals surface area contributed by atoms with Crippen molar-refractivity contribution in [3.05, 3.63) is 69.6 Å². The summed E-state index contributed by atoms with van der Waals surface area (Å²) in [5.74, 6) is -0.680. The molecule has 10 heteroatoms. The number of halogens is 1. The van der Waals surface area contributed by atoms with E-state index in [1.165, 1.54) is 29.4 Å². The zero-order chi connectivity index (χ0) is 20.0. The van der Waals surface area contributed by atoms with E-state index in [2.05, 4.69) is 15.0 Å². The fraction of sp³-hybridized carbons (Fsp3) is 0.0556. The highest BCUT2D eigenvalue weighted by atomic mass is 35.5. The first-order valence-corrected chi connectivity index (χ1v) is 8.44. The molecule has 0 aliphatic rings. The molecule has 0 radical (unpaired) electrons. The highest BCUT2D eigenvalue weighted by Gasteiger charge is 2.19. The Morgan fingerprint density at radius 2 is 2.11 bits per heavy atom. The fourth-order valence-electron chi connectivity index (χ4n) is 2.94. The lowest BCUT2D eigenvalue weighted by atomic mass is 10.1. The lowest BCUT2D eigenvalue weighted by molar-refractivity contribution is 0.0695. The summed E-state index contributed by atoms with van der Waals surface area (Å²) in [5, 5.41) is 9.73. The maximum atomic E-state index is 12.7. The second-order valence-corrected chi connectivity index (χ2v) is 6.48. The molecule has 3 N–H and O–H groups in total. The van der Waals surface area contributed by atoms with E-state index < -0.39 is 17.0 Å². The van der Waals surface area contributed by atoms with Gasteiger partial charge in [0.25, 0.3) is 0 Å². The SMILES string of the molecule is Cc1cc(N)ncc1-n1cc(C(=O)O)c(=O)c2cc(Cl)c(-n3ccnc3)nc21. The van der Waals surface area contributed by atoms with Gasteiger partial charge in [0, 0.05) is 18.6 Å². The Kier molecular flexibility index (Phi) is 4.08. The number of hydrogen-bond donors (Lipinski definition) is 2. The maximum Gasteiger partial charge on any atom is 0.341 e. The summed E-state index contributed by atoms with van der Waals surface area (Å²) in [6.07, 6.45) is 7.46. The molecule has 0 spiro atoms. The Hall–Kier alpha value is -3.72. The van der Waals surface area contributed by atoms with Crippen molar-refractivity contribution >= 4 is 34.4 Å². The fourth-order valence-corrected chi connectivity index (χ4v) is 3.19. The maximum absolute atomic E-state index is 12.7. The number of nitrogens with zero attached hydrogens (tertiary/aromatic N) is 5. The minimum absolute atomic E-state index is 0.0741. The topological polar surface area (TPSA) is 129 Å². The number of rotatable bonds is 3. The second kappa shape index (κ2) is 6.46. The first-order valence-electron chi connectivity index (χ1n) is 8.07. The van der Waals surface area contributed by atoms with Gasteiger partial charge in [0.15, 0.2) is 11.5 Å². The van der Waals surface area contributed by atoms with Crippen molar-refractivity contribution in [2.45, 2.75) is 6.92 Å². The van der Waals surface area contributed by atoms with Gasteiger partial charge in [-0.15, -0.1) is 0 Å². The van der Waals surface area contributed by atoms with E-state index >= 15 is 0 Å². The summed E-state index contributed by atoms with van der Waals surface area (Å²) in [6.45, 7) is 1.80. The number of nitrogen functional groups attached to an aromatic ring is 1. The van der Waals surface area contributed by atoms with E-state index in [9.17, 15) is 14.7 Å². The zero-order valence-electron chi connectivity index (χ0n) is 14.5. The highest BCUT2D eigenvalue weighted by Crippen LogP contribution is 2.25. The van der Waals surface area contributed by atoms with E-state index in [0.29, 0.717) is 17.3 Å². The number of carboxylic acid groups (broad SMARTS) is 1. The molecule has 4 rings (SSSR count). The average molecular weight is 397 g/mol. The van der Waals surface area contributed by atoms with Gasteiger partial charge >= 0.3 is 5.97 Å². The van der Waals surface area contributed by atoms with Crippen molar-refractivity contribution in [3.8, 4) is 11.5 Å². The number of aryl methyl sites for hydroxylation is 1. The van der Waals surface area contributed by atoms with Crippen LogP contribution in [0.1, 0.15) is 15.9 Å². The number of pyridine rings is 3. The summed E-state index contributed by atoms with van der Waals surface area (Å²) in [6, 6.07) is 3.05. The van der Waals surface area contributed by atoms with Crippen LogP contribution in [0.15, 0.2) is 48.0 Å². The van der Waals surface area contributed by atoms with Crippen LogP contribution in [0, 0.1) is 6.92 Å². The van der Waals surface area contributed by atoms with Crippen molar-refractivity contribution in [2.24, 2.45) is 0 Å². The molecule has 0 amide bonds. The van der Waals surface area contributed by atoms with Gasteiger partial charge in [0.05, 0.1) is 22.3 Å². The molecule has 4 aromatic rings. The molecule has 0 atom stereocenters. The standard InChI is InChI=1S/C18H13ClN6O3/c1-9-4-14(20)22-6-13(9)25-7-11(18(27)28)15(26)10-5-12(19)17(23-16(10)25)24-3-2-21-8-24/h2-8H,1H3,(H2,20,22)(H,27,28). The largest absolute Gasteiger partial charge is 0.477 e. The molecular formula is C18H13ClN6O3. The van der Waals surface area contributed by atoms with Crippen molar-refractivity contribution in [2.75, 3.05) is 5.73 Å². The third-order valence-corrected chi connectivity index (χ3v) is 4.53. The molecule has 0 aromatic carbocycles. The molecule has 9 nitrogen and oxygen atoms in total. The Morgan fingerprint density at radius 1 is 1.32 bits per heavy atom. The number of aromatic nitrogens is 5. The molecule has 28 heavy (non-hydrogen) atoms. The first-order chi connectivity index (χ1) is 13.4. The third kappa shape index (κ3) is 2.78.